The fourth-order valence-corrected chi connectivity index (χ4v) is 5.12. The van der Waals surface area contributed by atoms with E-state index in [9.17, 15) is 9.59 Å². The van der Waals surface area contributed by atoms with Crippen LogP contribution in [0.15, 0.2) is 24.3 Å². The maximum Gasteiger partial charge on any atom is 0.251 e. The van der Waals surface area contributed by atoms with E-state index < -0.39 is 6.04 Å². The van der Waals surface area contributed by atoms with Crippen LogP contribution < -0.4 is 10.6 Å². The van der Waals surface area contributed by atoms with Crippen molar-refractivity contribution in [2.45, 2.75) is 64.0 Å². The number of carbonyl (C=O) groups is 2. The Bertz CT molecular complexity index is 697. The summed E-state index contributed by atoms with van der Waals surface area (Å²) in [5.41, 5.74) is 1.65. The summed E-state index contributed by atoms with van der Waals surface area (Å²) in [5.74, 6) is 1.50. The Labute approximate surface area is 185 Å². The molecule has 2 amide bonds. The fourth-order valence-electron chi connectivity index (χ4n) is 4.65. The molecule has 1 aromatic rings. The van der Waals surface area contributed by atoms with Crippen LogP contribution in [-0.2, 0) is 4.79 Å². The SMILES string of the molecule is CSCCC(NC(=O)c1cccc(C)c1)C(=O)NC1CCN(CC2CCCC2)CC1. The number of carbonyl (C=O) groups excluding carboxylic acids is 2. The third kappa shape index (κ3) is 7.02. The molecule has 1 saturated carbocycles. The Morgan fingerprint density at radius 1 is 1.17 bits per heavy atom. The maximum atomic E-state index is 13.0. The minimum absolute atomic E-state index is 0.0423. The molecule has 1 aliphatic heterocycles. The highest BCUT2D eigenvalue weighted by molar-refractivity contribution is 7.98. The van der Waals surface area contributed by atoms with Gasteiger partial charge in [0.2, 0.25) is 5.91 Å². The van der Waals surface area contributed by atoms with E-state index in [4.69, 9.17) is 0 Å². The van der Waals surface area contributed by atoms with E-state index in [1.165, 1.54) is 32.2 Å². The predicted molar refractivity (Wildman–Crippen MR) is 125 cm³/mol. The van der Waals surface area contributed by atoms with Crippen molar-refractivity contribution >= 4 is 23.6 Å². The fraction of sp³-hybridized carbons (Fsp3) is 0.667. The van der Waals surface area contributed by atoms with Crippen LogP contribution in [0.25, 0.3) is 0 Å². The van der Waals surface area contributed by atoms with Gasteiger partial charge in [-0.2, -0.15) is 11.8 Å². The Kier molecular flexibility index (Phi) is 9.06. The van der Waals surface area contributed by atoms with E-state index >= 15 is 0 Å². The van der Waals surface area contributed by atoms with Gasteiger partial charge in [0.15, 0.2) is 0 Å². The number of rotatable bonds is 9. The third-order valence-corrected chi connectivity index (χ3v) is 7.08. The number of hydrogen-bond acceptors (Lipinski definition) is 4. The molecule has 166 valence electrons. The van der Waals surface area contributed by atoms with Crippen LogP contribution >= 0.6 is 11.8 Å². The van der Waals surface area contributed by atoms with Crippen LogP contribution in [0, 0.1) is 12.8 Å². The Morgan fingerprint density at radius 2 is 1.90 bits per heavy atom. The van der Waals surface area contributed by atoms with Crippen molar-refractivity contribution in [1.82, 2.24) is 15.5 Å². The molecule has 5 nitrogen and oxygen atoms in total. The largest absolute Gasteiger partial charge is 0.351 e. The van der Waals surface area contributed by atoms with Crippen molar-refractivity contribution in [3.63, 3.8) is 0 Å². The zero-order valence-electron chi connectivity index (χ0n) is 18.5. The Hall–Kier alpha value is -1.53. The molecule has 0 radical (unpaired) electrons. The van der Waals surface area contributed by atoms with Crippen LogP contribution in [-0.4, -0.2) is 60.4 Å². The normalized spacial score (nSPS) is 19.5. The molecule has 1 heterocycles. The summed E-state index contributed by atoms with van der Waals surface area (Å²) in [5, 5.41) is 6.19. The van der Waals surface area contributed by atoms with Gasteiger partial charge in [-0.3, -0.25) is 9.59 Å². The van der Waals surface area contributed by atoms with Crippen molar-refractivity contribution in [1.29, 1.82) is 0 Å². The Balaban J connectivity index is 1.49. The molecule has 3 rings (SSSR count). The number of nitrogens with one attached hydrogen (secondary N) is 2. The smallest absolute Gasteiger partial charge is 0.251 e. The van der Waals surface area contributed by atoms with Crippen LogP contribution in [0.2, 0.25) is 0 Å². The molecule has 1 unspecified atom stereocenters. The second-order valence-corrected chi connectivity index (χ2v) is 9.90. The Morgan fingerprint density at radius 3 is 2.57 bits per heavy atom. The van der Waals surface area contributed by atoms with Gasteiger partial charge < -0.3 is 15.5 Å². The van der Waals surface area contributed by atoms with Gasteiger partial charge in [-0.25, -0.2) is 0 Å². The van der Waals surface area contributed by atoms with E-state index in [0.29, 0.717) is 12.0 Å². The quantitative estimate of drug-likeness (QED) is 0.627. The van der Waals surface area contributed by atoms with Crippen LogP contribution in [0.1, 0.15) is 60.9 Å². The van der Waals surface area contributed by atoms with Crippen molar-refractivity contribution in [3.05, 3.63) is 35.4 Å². The van der Waals surface area contributed by atoms with Gasteiger partial charge >= 0.3 is 0 Å². The molecule has 2 fully saturated rings. The first-order valence-corrected chi connectivity index (χ1v) is 12.8. The second kappa shape index (κ2) is 11.8. The highest BCUT2D eigenvalue weighted by Crippen LogP contribution is 2.26. The number of amides is 2. The number of hydrogen-bond donors (Lipinski definition) is 2. The predicted octanol–water partition coefficient (Wildman–Crippen LogP) is 3.62. The molecule has 0 spiro atoms. The highest BCUT2D eigenvalue weighted by atomic mass is 32.2. The number of piperidine rings is 1. The lowest BCUT2D eigenvalue weighted by Gasteiger charge is -2.34. The molecule has 1 aromatic carbocycles. The molecular weight excluding hydrogens is 394 g/mol. The van der Waals surface area contributed by atoms with Crippen molar-refractivity contribution in [2.24, 2.45) is 5.92 Å². The van der Waals surface area contributed by atoms with E-state index in [2.05, 4.69) is 15.5 Å². The van der Waals surface area contributed by atoms with Gasteiger partial charge in [-0.1, -0.05) is 30.5 Å². The lowest BCUT2D eigenvalue weighted by atomic mass is 10.0. The highest BCUT2D eigenvalue weighted by Gasteiger charge is 2.27. The maximum absolute atomic E-state index is 13.0. The summed E-state index contributed by atoms with van der Waals surface area (Å²) >= 11 is 1.70. The van der Waals surface area contributed by atoms with E-state index in [1.807, 2.05) is 31.4 Å². The van der Waals surface area contributed by atoms with Gasteiger partial charge in [-0.05, 0) is 69.1 Å². The molecule has 1 aliphatic carbocycles. The first kappa shape index (κ1) is 23.1. The molecular formula is C24H37N3O2S. The minimum Gasteiger partial charge on any atom is -0.351 e. The van der Waals surface area contributed by atoms with Gasteiger partial charge in [0.1, 0.15) is 6.04 Å². The van der Waals surface area contributed by atoms with Gasteiger partial charge in [0, 0.05) is 31.2 Å². The first-order valence-electron chi connectivity index (χ1n) is 11.4. The van der Waals surface area contributed by atoms with Crippen LogP contribution in [0.5, 0.6) is 0 Å². The number of thioether (sulfide) groups is 1. The second-order valence-electron chi connectivity index (χ2n) is 8.91. The molecule has 2 aliphatic rings. The number of benzene rings is 1. The standard InChI is InChI=1S/C24H37N3O2S/c1-18-6-5-9-20(16-18)23(28)26-22(12-15-30-2)24(29)25-21-10-13-27(14-11-21)17-19-7-3-4-8-19/h5-6,9,16,19,21-22H,3-4,7-8,10-15,17H2,1-2H3,(H,25,29)(H,26,28). The molecule has 0 aromatic heterocycles. The summed E-state index contributed by atoms with van der Waals surface area (Å²) in [4.78, 5) is 28.2. The molecule has 30 heavy (non-hydrogen) atoms. The van der Waals surface area contributed by atoms with Gasteiger partial charge in [0.05, 0.1) is 0 Å². The lowest BCUT2D eigenvalue weighted by molar-refractivity contribution is -0.124. The van der Waals surface area contributed by atoms with Crippen molar-refractivity contribution in [2.75, 3.05) is 31.6 Å². The summed E-state index contributed by atoms with van der Waals surface area (Å²) in [7, 11) is 0. The zero-order chi connectivity index (χ0) is 21.3. The average Bonchev–Trinajstić information content (AvgIpc) is 3.25. The number of nitrogens with zero attached hydrogens (tertiary/aromatic N) is 1. The van der Waals surface area contributed by atoms with Crippen LogP contribution in [0.4, 0.5) is 0 Å². The van der Waals surface area contributed by atoms with Gasteiger partial charge in [0.25, 0.3) is 5.91 Å². The minimum atomic E-state index is -0.484. The summed E-state index contributed by atoms with van der Waals surface area (Å²) in [6, 6.07) is 7.23. The van der Waals surface area contributed by atoms with E-state index in [0.717, 1.165) is 43.2 Å². The monoisotopic (exact) mass is 431 g/mol. The molecule has 1 saturated heterocycles. The van der Waals surface area contributed by atoms with Crippen molar-refractivity contribution in [3.8, 4) is 0 Å². The third-order valence-electron chi connectivity index (χ3n) is 6.44. The topological polar surface area (TPSA) is 61.4 Å². The summed E-state index contributed by atoms with van der Waals surface area (Å²) < 4.78 is 0. The molecule has 6 heteroatoms. The number of aryl methyl sites for hydroxylation is 1. The first-order chi connectivity index (χ1) is 14.5. The average molecular weight is 432 g/mol. The molecule has 2 N–H and O–H groups in total. The zero-order valence-corrected chi connectivity index (χ0v) is 19.3. The van der Waals surface area contributed by atoms with Crippen molar-refractivity contribution < 1.29 is 9.59 Å². The number of likely N-dealkylation sites (tertiary alicyclic amines) is 1. The lowest BCUT2D eigenvalue weighted by Crippen LogP contribution is -2.52. The molecule has 0 bridgehead atoms. The summed E-state index contributed by atoms with van der Waals surface area (Å²) in [6.45, 7) is 5.32. The summed E-state index contributed by atoms with van der Waals surface area (Å²) in [6.07, 6.45) is 10.2. The van der Waals surface area contributed by atoms with E-state index in [1.54, 1.807) is 17.8 Å². The van der Waals surface area contributed by atoms with Crippen LogP contribution in [0.3, 0.4) is 0 Å². The van der Waals surface area contributed by atoms with E-state index in [-0.39, 0.29) is 17.9 Å². The van der Waals surface area contributed by atoms with Gasteiger partial charge in [-0.15, -0.1) is 0 Å². The molecule has 1 atom stereocenters.